The molecule has 152 valence electrons. The van der Waals surface area contributed by atoms with Gasteiger partial charge in [0.25, 0.3) is 5.91 Å². The zero-order valence-corrected chi connectivity index (χ0v) is 16.8. The monoisotopic (exact) mass is 393 g/mol. The second kappa shape index (κ2) is 8.55. The standard InChI is InChI=1S/C23H27N3O3/c1-29-20-10-8-18(9-11-20)24-19-6-4-13-25(16-19)22(27)12-14-26-15-17-5-2-3-7-21(17)23(26)28/h2-3,5,7-11,19,24H,4,6,12-16H2,1H3/t19-/m0/s1. The molecule has 1 fully saturated rings. The number of methoxy groups -OCH3 is 1. The summed E-state index contributed by atoms with van der Waals surface area (Å²) in [7, 11) is 1.65. The summed E-state index contributed by atoms with van der Waals surface area (Å²) in [4.78, 5) is 28.9. The molecule has 0 spiro atoms. The number of nitrogens with one attached hydrogen (secondary N) is 1. The van der Waals surface area contributed by atoms with E-state index in [1.165, 1.54) is 0 Å². The van der Waals surface area contributed by atoms with Crippen LogP contribution in [0.15, 0.2) is 48.5 Å². The zero-order valence-electron chi connectivity index (χ0n) is 16.8. The van der Waals surface area contributed by atoms with Crippen LogP contribution in [0.5, 0.6) is 5.75 Å². The van der Waals surface area contributed by atoms with Crippen molar-refractivity contribution in [1.29, 1.82) is 0 Å². The van der Waals surface area contributed by atoms with Crippen molar-refractivity contribution in [3.8, 4) is 5.75 Å². The van der Waals surface area contributed by atoms with Gasteiger partial charge in [-0.2, -0.15) is 0 Å². The molecule has 6 nitrogen and oxygen atoms in total. The van der Waals surface area contributed by atoms with E-state index < -0.39 is 0 Å². The van der Waals surface area contributed by atoms with Crippen LogP contribution >= 0.6 is 0 Å². The molecule has 0 radical (unpaired) electrons. The highest BCUT2D eigenvalue weighted by molar-refractivity contribution is 5.98. The molecule has 1 N–H and O–H groups in total. The molecule has 1 atom stereocenters. The summed E-state index contributed by atoms with van der Waals surface area (Å²) in [6, 6.07) is 15.8. The van der Waals surface area contributed by atoms with Gasteiger partial charge in [0.1, 0.15) is 5.75 Å². The quantitative estimate of drug-likeness (QED) is 0.819. The van der Waals surface area contributed by atoms with Crippen LogP contribution in [-0.4, -0.2) is 54.4 Å². The van der Waals surface area contributed by atoms with E-state index in [0.717, 1.165) is 42.0 Å². The van der Waals surface area contributed by atoms with Gasteiger partial charge >= 0.3 is 0 Å². The van der Waals surface area contributed by atoms with Gasteiger partial charge < -0.3 is 19.9 Å². The van der Waals surface area contributed by atoms with Crippen molar-refractivity contribution in [3.63, 3.8) is 0 Å². The van der Waals surface area contributed by atoms with Gasteiger partial charge in [0.15, 0.2) is 0 Å². The minimum Gasteiger partial charge on any atom is -0.497 e. The van der Waals surface area contributed by atoms with Crippen molar-refractivity contribution in [1.82, 2.24) is 9.80 Å². The minimum absolute atomic E-state index is 0.0334. The third kappa shape index (κ3) is 4.36. The van der Waals surface area contributed by atoms with Crippen molar-refractivity contribution in [2.45, 2.75) is 31.8 Å². The van der Waals surface area contributed by atoms with Gasteiger partial charge in [0.2, 0.25) is 5.91 Å². The lowest BCUT2D eigenvalue weighted by Gasteiger charge is -2.34. The summed E-state index contributed by atoms with van der Waals surface area (Å²) >= 11 is 0. The summed E-state index contributed by atoms with van der Waals surface area (Å²) in [5.41, 5.74) is 2.85. The molecule has 0 unspecified atom stereocenters. The van der Waals surface area contributed by atoms with Crippen molar-refractivity contribution in [2.24, 2.45) is 0 Å². The van der Waals surface area contributed by atoms with Gasteiger partial charge in [0, 0.05) is 49.9 Å². The van der Waals surface area contributed by atoms with Gasteiger partial charge in [-0.15, -0.1) is 0 Å². The van der Waals surface area contributed by atoms with E-state index in [0.29, 0.717) is 26.1 Å². The second-order valence-corrected chi connectivity index (χ2v) is 7.69. The average Bonchev–Trinajstić information content (AvgIpc) is 3.08. The van der Waals surface area contributed by atoms with Gasteiger partial charge in [-0.1, -0.05) is 18.2 Å². The first-order valence-electron chi connectivity index (χ1n) is 10.2. The fourth-order valence-corrected chi connectivity index (χ4v) is 4.13. The summed E-state index contributed by atoms with van der Waals surface area (Å²) in [6.07, 6.45) is 2.39. The number of amides is 2. The lowest BCUT2D eigenvalue weighted by atomic mass is 10.0. The lowest BCUT2D eigenvalue weighted by Crippen LogP contribution is -2.45. The van der Waals surface area contributed by atoms with Gasteiger partial charge in [-0.3, -0.25) is 9.59 Å². The van der Waals surface area contributed by atoms with Gasteiger partial charge in [-0.05, 0) is 48.7 Å². The maximum Gasteiger partial charge on any atom is 0.254 e. The average molecular weight is 393 g/mol. The Balaban J connectivity index is 1.28. The maximum absolute atomic E-state index is 12.8. The Morgan fingerprint density at radius 3 is 2.72 bits per heavy atom. The lowest BCUT2D eigenvalue weighted by molar-refractivity contribution is -0.132. The Bertz CT molecular complexity index is 881. The number of likely N-dealkylation sites (tertiary alicyclic amines) is 1. The smallest absolute Gasteiger partial charge is 0.254 e. The molecule has 2 amide bonds. The number of hydrogen-bond donors (Lipinski definition) is 1. The fourth-order valence-electron chi connectivity index (χ4n) is 4.13. The van der Waals surface area contributed by atoms with E-state index in [-0.39, 0.29) is 17.9 Å². The Hall–Kier alpha value is -3.02. The van der Waals surface area contributed by atoms with Crippen molar-refractivity contribution in [3.05, 3.63) is 59.7 Å². The van der Waals surface area contributed by atoms with Gasteiger partial charge in [0.05, 0.1) is 7.11 Å². The van der Waals surface area contributed by atoms with Crippen LogP contribution in [-0.2, 0) is 11.3 Å². The largest absolute Gasteiger partial charge is 0.497 e. The molecule has 0 aliphatic carbocycles. The summed E-state index contributed by atoms with van der Waals surface area (Å²) in [5.74, 6) is 0.982. The molecule has 0 saturated carbocycles. The number of carbonyl (C=O) groups excluding carboxylic acids is 2. The van der Waals surface area contributed by atoms with E-state index in [1.807, 2.05) is 53.4 Å². The Kier molecular flexibility index (Phi) is 5.69. The first kappa shape index (κ1) is 19.3. The number of ether oxygens (including phenoxy) is 1. The molecular formula is C23H27N3O3. The molecular weight excluding hydrogens is 366 g/mol. The van der Waals surface area contributed by atoms with E-state index in [4.69, 9.17) is 4.74 Å². The van der Waals surface area contributed by atoms with E-state index in [9.17, 15) is 9.59 Å². The highest BCUT2D eigenvalue weighted by Crippen LogP contribution is 2.23. The Labute approximate surface area is 171 Å². The van der Waals surface area contributed by atoms with Crippen LogP contribution in [0.3, 0.4) is 0 Å². The number of hydrogen-bond acceptors (Lipinski definition) is 4. The molecule has 0 bridgehead atoms. The number of nitrogens with zero attached hydrogens (tertiary/aromatic N) is 2. The molecule has 2 aromatic carbocycles. The number of piperidine rings is 1. The topological polar surface area (TPSA) is 61.9 Å². The summed E-state index contributed by atoms with van der Waals surface area (Å²) < 4.78 is 5.20. The Morgan fingerprint density at radius 2 is 1.97 bits per heavy atom. The second-order valence-electron chi connectivity index (χ2n) is 7.69. The van der Waals surface area contributed by atoms with E-state index in [1.54, 1.807) is 12.0 Å². The number of fused-ring (bicyclic) bond motifs is 1. The minimum atomic E-state index is 0.0334. The van der Waals surface area contributed by atoms with Crippen LogP contribution in [0.4, 0.5) is 5.69 Å². The highest BCUT2D eigenvalue weighted by Gasteiger charge is 2.28. The summed E-state index contributed by atoms with van der Waals surface area (Å²) in [5, 5.41) is 3.52. The predicted octanol–water partition coefficient (Wildman–Crippen LogP) is 3.14. The highest BCUT2D eigenvalue weighted by atomic mass is 16.5. The molecule has 2 aliphatic rings. The predicted molar refractivity (Wildman–Crippen MR) is 112 cm³/mol. The molecule has 2 aliphatic heterocycles. The summed E-state index contributed by atoms with van der Waals surface area (Å²) in [6.45, 7) is 2.55. The van der Waals surface area contributed by atoms with E-state index >= 15 is 0 Å². The number of carbonyl (C=O) groups is 2. The van der Waals surface area contributed by atoms with Crippen LogP contribution in [0, 0.1) is 0 Å². The van der Waals surface area contributed by atoms with Crippen LogP contribution in [0.2, 0.25) is 0 Å². The molecule has 2 heterocycles. The number of anilines is 1. The molecule has 4 rings (SSSR count). The van der Waals surface area contributed by atoms with Crippen LogP contribution < -0.4 is 10.1 Å². The molecule has 1 saturated heterocycles. The van der Waals surface area contributed by atoms with Crippen LogP contribution in [0.1, 0.15) is 35.2 Å². The normalized spacial score (nSPS) is 18.5. The maximum atomic E-state index is 12.8. The number of benzene rings is 2. The molecule has 29 heavy (non-hydrogen) atoms. The van der Waals surface area contributed by atoms with Gasteiger partial charge in [-0.25, -0.2) is 0 Å². The molecule has 0 aromatic heterocycles. The Morgan fingerprint density at radius 1 is 1.17 bits per heavy atom. The van der Waals surface area contributed by atoms with Crippen molar-refractivity contribution >= 4 is 17.5 Å². The zero-order chi connectivity index (χ0) is 20.2. The third-order valence-electron chi connectivity index (χ3n) is 5.73. The van der Waals surface area contributed by atoms with Crippen molar-refractivity contribution < 1.29 is 14.3 Å². The number of rotatable bonds is 6. The fraction of sp³-hybridized carbons (Fsp3) is 0.391. The first-order valence-corrected chi connectivity index (χ1v) is 10.2. The molecule has 6 heteroatoms. The van der Waals surface area contributed by atoms with E-state index in [2.05, 4.69) is 5.32 Å². The van der Waals surface area contributed by atoms with Crippen LogP contribution in [0.25, 0.3) is 0 Å². The third-order valence-corrected chi connectivity index (χ3v) is 5.73. The first-order chi connectivity index (χ1) is 14.1. The molecule has 2 aromatic rings. The SMILES string of the molecule is COc1ccc(N[C@H]2CCCN(C(=O)CCN3Cc4ccccc4C3=O)C2)cc1. The van der Waals surface area contributed by atoms with Crippen molar-refractivity contribution in [2.75, 3.05) is 32.1 Å².